The Morgan fingerprint density at radius 2 is 2.00 bits per heavy atom. The zero-order valence-corrected chi connectivity index (χ0v) is 15.5. The molecule has 0 aliphatic carbocycles. The smallest absolute Gasteiger partial charge is 0.340 e. The first-order valence-corrected chi connectivity index (χ1v) is 8.73. The van der Waals surface area contributed by atoms with Gasteiger partial charge in [0, 0.05) is 23.9 Å². The van der Waals surface area contributed by atoms with Crippen molar-refractivity contribution < 1.29 is 19.2 Å². The van der Waals surface area contributed by atoms with E-state index in [1.54, 1.807) is 4.90 Å². The number of halogens is 1. The van der Waals surface area contributed by atoms with Crippen LogP contribution in [0.25, 0.3) is 0 Å². The minimum Gasteiger partial charge on any atom is -0.449 e. The number of nitro groups is 1. The Kier molecular flexibility index (Phi) is 5.14. The number of para-hydroxylation sites is 1. The molecule has 0 saturated carbocycles. The summed E-state index contributed by atoms with van der Waals surface area (Å²) in [6.45, 7) is 3.42. The lowest BCUT2D eigenvalue weighted by Gasteiger charge is -2.26. The summed E-state index contributed by atoms with van der Waals surface area (Å²) in [5.74, 6) is -1.14. The molecule has 1 aliphatic heterocycles. The Hall–Kier alpha value is -2.93. The van der Waals surface area contributed by atoms with Crippen molar-refractivity contribution in [3.63, 3.8) is 0 Å². The van der Waals surface area contributed by atoms with Crippen molar-refractivity contribution in [2.24, 2.45) is 0 Å². The van der Waals surface area contributed by atoms with Gasteiger partial charge >= 0.3 is 5.97 Å². The van der Waals surface area contributed by atoms with E-state index in [1.807, 2.05) is 31.2 Å². The molecule has 1 heterocycles. The second-order valence-corrected chi connectivity index (χ2v) is 6.77. The summed E-state index contributed by atoms with van der Waals surface area (Å²) in [4.78, 5) is 37.0. The Bertz CT molecular complexity index is 930. The lowest BCUT2D eigenvalue weighted by molar-refractivity contribution is -0.384. The van der Waals surface area contributed by atoms with Gasteiger partial charge < -0.3 is 9.64 Å². The van der Waals surface area contributed by atoms with Crippen LogP contribution in [0.5, 0.6) is 0 Å². The van der Waals surface area contributed by atoms with Gasteiger partial charge in [-0.15, -0.1) is 0 Å². The largest absolute Gasteiger partial charge is 0.449 e. The highest BCUT2D eigenvalue weighted by Crippen LogP contribution is 2.32. The molecule has 140 valence electrons. The first-order valence-electron chi connectivity index (χ1n) is 8.35. The normalized spacial score (nSPS) is 16.6. The standard InChI is InChI=1S/C19H17ClN2O5/c1-11-9-13-5-3-4-6-17(13)21(11)18(23)12(2)27-19(24)15-8-7-14(22(25)26)10-16(15)20/h3-8,10-12H,9H2,1-2H3/t11-,12+/m0/s1. The molecule has 2 aromatic rings. The topological polar surface area (TPSA) is 89.7 Å². The van der Waals surface area contributed by atoms with Crippen LogP contribution in [-0.4, -0.2) is 28.9 Å². The molecule has 0 aromatic heterocycles. The summed E-state index contributed by atoms with van der Waals surface area (Å²) in [6, 6.07) is 11.0. The zero-order chi connectivity index (χ0) is 19.7. The maximum absolute atomic E-state index is 12.8. The molecular formula is C19H17ClN2O5. The van der Waals surface area contributed by atoms with Crippen LogP contribution in [0.1, 0.15) is 29.8 Å². The number of carbonyl (C=O) groups is 2. The fourth-order valence-electron chi connectivity index (χ4n) is 3.15. The van der Waals surface area contributed by atoms with E-state index in [0.29, 0.717) is 0 Å². The molecular weight excluding hydrogens is 372 g/mol. The van der Waals surface area contributed by atoms with E-state index in [1.165, 1.54) is 13.0 Å². The number of esters is 1. The fourth-order valence-corrected chi connectivity index (χ4v) is 3.41. The fraction of sp³-hybridized carbons (Fsp3) is 0.263. The van der Waals surface area contributed by atoms with Crippen molar-refractivity contribution >= 4 is 34.9 Å². The maximum atomic E-state index is 12.8. The van der Waals surface area contributed by atoms with E-state index in [2.05, 4.69) is 0 Å². The molecule has 1 amide bonds. The highest BCUT2D eigenvalue weighted by Gasteiger charge is 2.34. The van der Waals surface area contributed by atoms with E-state index in [0.717, 1.165) is 29.8 Å². The van der Waals surface area contributed by atoms with Crippen LogP contribution < -0.4 is 4.90 Å². The summed E-state index contributed by atoms with van der Waals surface area (Å²) in [7, 11) is 0. The maximum Gasteiger partial charge on any atom is 0.340 e. The van der Waals surface area contributed by atoms with Gasteiger partial charge in [-0.25, -0.2) is 4.79 Å². The predicted octanol–water partition coefficient (Wildman–Crippen LogP) is 3.77. The molecule has 27 heavy (non-hydrogen) atoms. The lowest BCUT2D eigenvalue weighted by atomic mass is 10.1. The third kappa shape index (κ3) is 3.64. The van der Waals surface area contributed by atoms with E-state index < -0.39 is 17.0 Å². The lowest BCUT2D eigenvalue weighted by Crippen LogP contribution is -2.43. The third-order valence-corrected chi connectivity index (χ3v) is 4.77. The first kappa shape index (κ1) is 18.8. The Labute approximate surface area is 160 Å². The van der Waals surface area contributed by atoms with Gasteiger partial charge in [-0.2, -0.15) is 0 Å². The summed E-state index contributed by atoms with van der Waals surface area (Å²) in [5.41, 5.74) is 1.61. The third-order valence-electron chi connectivity index (χ3n) is 4.46. The Balaban J connectivity index is 1.75. The molecule has 8 heteroatoms. The van der Waals surface area contributed by atoms with Crippen LogP contribution in [0.2, 0.25) is 5.02 Å². The molecule has 0 spiro atoms. The molecule has 0 fully saturated rings. The molecule has 0 radical (unpaired) electrons. The molecule has 0 unspecified atom stereocenters. The number of hydrogen-bond donors (Lipinski definition) is 0. The van der Waals surface area contributed by atoms with E-state index >= 15 is 0 Å². The molecule has 0 N–H and O–H groups in total. The van der Waals surface area contributed by atoms with Crippen molar-refractivity contribution in [3.05, 3.63) is 68.7 Å². The van der Waals surface area contributed by atoms with Crippen molar-refractivity contribution in [2.45, 2.75) is 32.4 Å². The monoisotopic (exact) mass is 388 g/mol. The first-order chi connectivity index (χ1) is 12.8. The number of hydrogen-bond acceptors (Lipinski definition) is 5. The van der Waals surface area contributed by atoms with Gasteiger partial charge in [-0.1, -0.05) is 29.8 Å². The molecule has 3 rings (SSSR count). The number of nitro benzene ring substituents is 1. The average Bonchev–Trinajstić information content (AvgIpc) is 2.96. The van der Waals surface area contributed by atoms with E-state index in [9.17, 15) is 19.7 Å². The van der Waals surface area contributed by atoms with Gasteiger partial charge in [0.25, 0.3) is 11.6 Å². The van der Waals surface area contributed by atoms with Crippen LogP contribution in [0.15, 0.2) is 42.5 Å². The molecule has 0 bridgehead atoms. The molecule has 1 aliphatic rings. The van der Waals surface area contributed by atoms with Crippen LogP contribution in [0.4, 0.5) is 11.4 Å². The highest BCUT2D eigenvalue weighted by molar-refractivity contribution is 6.33. The number of carbonyl (C=O) groups excluding carboxylic acids is 2. The van der Waals surface area contributed by atoms with Crippen LogP contribution in [0, 0.1) is 10.1 Å². The molecule has 0 saturated heterocycles. The summed E-state index contributed by atoms with van der Waals surface area (Å²) in [5, 5.41) is 10.7. The van der Waals surface area contributed by atoms with Gasteiger partial charge in [0.1, 0.15) is 0 Å². The SMILES string of the molecule is C[C@@H](OC(=O)c1ccc([N+](=O)[O-])cc1Cl)C(=O)N1c2ccccc2C[C@@H]1C. The number of amides is 1. The average molecular weight is 389 g/mol. The van der Waals surface area contributed by atoms with Crippen LogP contribution >= 0.6 is 11.6 Å². The number of benzene rings is 2. The van der Waals surface area contributed by atoms with E-state index in [-0.39, 0.29) is 28.2 Å². The number of non-ortho nitro benzene ring substituents is 1. The Morgan fingerprint density at radius 3 is 2.67 bits per heavy atom. The van der Waals surface area contributed by atoms with Gasteiger partial charge in [0.15, 0.2) is 6.10 Å². The van der Waals surface area contributed by atoms with Crippen LogP contribution in [0.3, 0.4) is 0 Å². The number of ether oxygens (including phenoxy) is 1. The van der Waals surface area contributed by atoms with E-state index in [4.69, 9.17) is 16.3 Å². The van der Waals surface area contributed by atoms with Crippen molar-refractivity contribution in [2.75, 3.05) is 4.90 Å². The summed E-state index contributed by atoms with van der Waals surface area (Å²) in [6.07, 6.45) is -0.297. The summed E-state index contributed by atoms with van der Waals surface area (Å²) >= 11 is 5.95. The minimum atomic E-state index is -1.03. The number of nitrogens with zero attached hydrogens (tertiary/aromatic N) is 2. The quantitative estimate of drug-likeness (QED) is 0.451. The summed E-state index contributed by atoms with van der Waals surface area (Å²) < 4.78 is 5.27. The predicted molar refractivity (Wildman–Crippen MR) is 100 cm³/mol. The number of rotatable bonds is 4. The second kappa shape index (κ2) is 7.36. The number of fused-ring (bicyclic) bond motifs is 1. The van der Waals surface area contributed by atoms with Crippen molar-refractivity contribution in [1.29, 1.82) is 0 Å². The van der Waals surface area contributed by atoms with Gasteiger partial charge in [-0.05, 0) is 38.0 Å². The van der Waals surface area contributed by atoms with Crippen molar-refractivity contribution in [3.8, 4) is 0 Å². The van der Waals surface area contributed by atoms with Gasteiger partial charge in [0.2, 0.25) is 0 Å². The number of anilines is 1. The molecule has 2 atom stereocenters. The Morgan fingerprint density at radius 1 is 1.30 bits per heavy atom. The molecule has 7 nitrogen and oxygen atoms in total. The van der Waals surface area contributed by atoms with Gasteiger partial charge in [-0.3, -0.25) is 14.9 Å². The van der Waals surface area contributed by atoms with Crippen molar-refractivity contribution in [1.82, 2.24) is 0 Å². The minimum absolute atomic E-state index is 0.0308. The van der Waals surface area contributed by atoms with Crippen LogP contribution in [-0.2, 0) is 16.0 Å². The van der Waals surface area contributed by atoms with Gasteiger partial charge in [0.05, 0.1) is 15.5 Å². The second-order valence-electron chi connectivity index (χ2n) is 6.36. The molecule has 2 aromatic carbocycles. The highest BCUT2D eigenvalue weighted by atomic mass is 35.5. The zero-order valence-electron chi connectivity index (χ0n) is 14.7.